The number of imidazole rings is 1. The molecule has 3 rings (SSSR count). The first kappa shape index (κ1) is 13.1. The summed E-state index contributed by atoms with van der Waals surface area (Å²) in [7, 11) is 0. The van der Waals surface area contributed by atoms with Crippen molar-refractivity contribution < 1.29 is 4.39 Å². The number of halogens is 1. The Morgan fingerprint density at radius 2 is 2.00 bits per heavy atom. The molecule has 0 amide bonds. The van der Waals surface area contributed by atoms with Gasteiger partial charge in [0.25, 0.3) is 5.56 Å². The average molecular weight is 280 g/mol. The first-order chi connectivity index (χ1) is 9.70. The lowest BCUT2D eigenvalue weighted by atomic mass is 10.1. The highest BCUT2D eigenvalue weighted by molar-refractivity contribution is 5.69. The van der Waals surface area contributed by atoms with Crippen LogP contribution in [0.2, 0.25) is 0 Å². The lowest BCUT2D eigenvalue weighted by Crippen LogP contribution is -2.35. The van der Waals surface area contributed by atoms with Gasteiger partial charge >= 0.3 is 5.69 Å². The molecule has 2 heterocycles. The second-order valence-electron chi connectivity index (χ2n) is 5.26. The van der Waals surface area contributed by atoms with Crippen molar-refractivity contribution in [1.82, 2.24) is 19.5 Å². The van der Waals surface area contributed by atoms with Gasteiger partial charge in [-0.1, -0.05) is 12.8 Å². The number of nitrogens with zero attached hydrogens (tertiary/aromatic N) is 2. The minimum absolute atomic E-state index is 0.0817. The molecule has 0 unspecified atom stereocenters. The van der Waals surface area contributed by atoms with E-state index in [1.807, 2.05) is 0 Å². The van der Waals surface area contributed by atoms with E-state index in [0.29, 0.717) is 17.1 Å². The van der Waals surface area contributed by atoms with Gasteiger partial charge in [0.05, 0.1) is 6.67 Å². The topological polar surface area (TPSA) is 83.5 Å². The molecule has 108 valence electrons. The van der Waals surface area contributed by atoms with Gasteiger partial charge in [0, 0.05) is 12.5 Å². The van der Waals surface area contributed by atoms with E-state index in [9.17, 15) is 14.0 Å². The molecule has 6 nitrogen and oxygen atoms in total. The third-order valence-corrected chi connectivity index (χ3v) is 3.91. The van der Waals surface area contributed by atoms with Gasteiger partial charge in [0.15, 0.2) is 5.65 Å². The van der Waals surface area contributed by atoms with E-state index in [1.165, 1.54) is 12.8 Å². The van der Waals surface area contributed by atoms with Crippen LogP contribution in [0.25, 0.3) is 11.2 Å². The van der Waals surface area contributed by atoms with E-state index in [2.05, 4.69) is 15.0 Å². The van der Waals surface area contributed by atoms with Crippen molar-refractivity contribution in [3.05, 3.63) is 26.7 Å². The molecule has 2 N–H and O–H groups in total. The highest BCUT2D eigenvalue weighted by Gasteiger charge is 2.21. The van der Waals surface area contributed by atoms with Crippen molar-refractivity contribution in [3.8, 4) is 0 Å². The second kappa shape index (κ2) is 5.22. The minimum atomic E-state index is -0.555. The monoisotopic (exact) mass is 280 g/mol. The van der Waals surface area contributed by atoms with Crippen LogP contribution in [-0.4, -0.2) is 26.2 Å². The van der Waals surface area contributed by atoms with Gasteiger partial charge in [-0.3, -0.25) is 18.7 Å². The van der Waals surface area contributed by atoms with Crippen molar-refractivity contribution in [1.29, 1.82) is 0 Å². The molecule has 0 bridgehead atoms. The van der Waals surface area contributed by atoms with E-state index in [1.54, 1.807) is 0 Å². The first-order valence-corrected chi connectivity index (χ1v) is 6.99. The van der Waals surface area contributed by atoms with Crippen LogP contribution >= 0.6 is 0 Å². The highest BCUT2D eigenvalue weighted by atomic mass is 19.1. The summed E-state index contributed by atoms with van der Waals surface area (Å²) in [5.41, 5.74) is -0.335. The zero-order chi connectivity index (χ0) is 14.1. The van der Waals surface area contributed by atoms with E-state index in [0.717, 1.165) is 23.2 Å². The number of nitrogens with one attached hydrogen (secondary N) is 2. The Hall–Kier alpha value is -1.92. The molecule has 1 aliphatic carbocycles. The summed E-state index contributed by atoms with van der Waals surface area (Å²) in [4.78, 5) is 34.0. The summed E-state index contributed by atoms with van der Waals surface area (Å²) < 4.78 is 13.2. The minimum Gasteiger partial charge on any atom is -0.336 e. The zero-order valence-electron chi connectivity index (χ0n) is 11.1. The van der Waals surface area contributed by atoms with Crippen LogP contribution in [0.1, 0.15) is 43.8 Å². The Morgan fingerprint density at radius 1 is 1.25 bits per heavy atom. The highest BCUT2D eigenvalue weighted by Crippen LogP contribution is 2.32. The maximum atomic E-state index is 12.2. The van der Waals surface area contributed by atoms with E-state index in [-0.39, 0.29) is 13.0 Å². The molecule has 7 heteroatoms. The lowest BCUT2D eigenvalue weighted by Gasteiger charge is -2.02. The molecule has 2 aromatic heterocycles. The predicted octanol–water partition coefficient (Wildman–Crippen LogP) is 1.43. The van der Waals surface area contributed by atoms with Gasteiger partial charge in [-0.25, -0.2) is 9.78 Å². The molecule has 0 aliphatic heterocycles. The molecular formula is C13H17FN4O2. The number of hydrogen-bond donors (Lipinski definition) is 2. The van der Waals surface area contributed by atoms with Crippen LogP contribution < -0.4 is 11.2 Å². The summed E-state index contributed by atoms with van der Waals surface area (Å²) in [6.07, 6.45) is 4.59. The van der Waals surface area contributed by atoms with E-state index in [4.69, 9.17) is 0 Å². The van der Waals surface area contributed by atoms with E-state index < -0.39 is 17.9 Å². The van der Waals surface area contributed by atoms with Crippen LogP contribution in [0.4, 0.5) is 4.39 Å². The molecule has 0 spiro atoms. The third-order valence-electron chi connectivity index (χ3n) is 3.91. The van der Waals surface area contributed by atoms with Crippen molar-refractivity contribution >= 4 is 11.2 Å². The molecule has 0 saturated heterocycles. The fourth-order valence-corrected chi connectivity index (χ4v) is 2.85. The van der Waals surface area contributed by atoms with Gasteiger partial charge in [-0.15, -0.1) is 0 Å². The molecule has 2 aromatic rings. The van der Waals surface area contributed by atoms with Crippen LogP contribution in [0, 0.1) is 0 Å². The predicted molar refractivity (Wildman–Crippen MR) is 72.8 cm³/mol. The van der Waals surface area contributed by atoms with Gasteiger partial charge in [-0.05, 0) is 19.3 Å². The number of fused-ring (bicyclic) bond motifs is 1. The number of rotatable bonds is 4. The lowest BCUT2D eigenvalue weighted by molar-refractivity contribution is 0.439. The summed E-state index contributed by atoms with van der Waals surface area (Å²) in [5, 5.41) is 0. The molecular weight excluding hydrogens is 263 g/mol. The SMILES string of the molecule is O=c1[nH]c2nc(C3CCCC3)[nH]c2c(=O)n1CCCF. The molecule has 1 fully saturated rings. The van der Waals surface area contributed by atoms with Gasteiger partial charge < -0.3 is 4.98 Å². The molecule has 1 aliphatic rings. The molecule has 0 aromatic carbocycles. The Morgan fingerprint density at radius 3 is 2.70 bits per heavy atom. The van der Waals surface area contributed by atoms with Gasteiger partial charge in [-0.2, -0.15) is 0 Å². The zero-order valence-corrected chi connectivity index (χ0v) is 11.1. The maximum absolute atomic E-state index is 12.2. The summed E-state index contributed by atoms with van der Waals surface area (Å²) in [6, 6.07) is 0. The first-order valence-electron chi connectivity index (χ1n) is 6.99. The summed E-state index contributed by atoms with van der Waals surface area (Å²) in [5.74, 6) is 1.11. The van der Waals surface area contributed by atoms with Gasteiger partial charge in [0.1, 0.15) is 11.3 Å². The number of alkyl halides is 1. The molecule has 0 radical (unpaired) electrons. The quantitative estimate of drug-likeness (QED) is 0.888. The Balaban J connectivity index is 2.07. The Bertz CT molecular complexity index is 724. The third kappa shape index (κ3) is 2.17. The van der Waals surface area contributed by atoms with Crippen LogP contribution in [-0.2, 0) is 6.54 Å². The molecule has 1 saturated carbocycles. The van der Waals surface area contributed by atoms with Crippen molar-refractivity contribution in [2.75, 3.05) is 6.67 Å². The molecule has 0 atom stereocenters. The standard InChI is InChI=1S/C13H17FN4O2/c14-6-3-7-18-12(19)9-11(17-13(18)20)16-10(15-9)8-4-1-2-5-8/h8H,1-7H2,(H,15,16)(H,17,20). The number of hydrogen-bond acceptors (Lipinski definition) is 3. The van der Waals surface area contributed by atoms with Gasteiger partial charge in [0.2, 0.25) is 0 Å². The number of aromatic amines is 2. The van der Waals surface area contributed by atoms with Crippen molar-refractivity contribution in [3.63, 3.8) is 0 Å². The fraction of sp³-hybridized carbons (Fsp3) is 0.615. The fourth-order valence-electron chi connectivity index (χ4n) is 2.85. The normalized spacial score (nSPS) is 16.2. The largest absolute Gasteiger partial charge is 0.336 e. The van der Waals surface area contributed by atoms with E-state index >= 15 is 0 Å². The molecule has 20 heavy (non-hydrogen) atoms. The van der Waals surface area contributed by atoms with Crippen LogP contribution in [0.5, 0.6) is 0 Å². The number of H-pyrrole nitrogens is 2. The Kier molecular flexibility index (Phi) is 3.42. The maximum Gasteiger partial charge on any atom is 0.330 e. The van der Waals surface area contributed by atoms with Crippen molar-refractivity contribution in [2.45, 2.75) is 44.6 Å². The van der Waals surface area contributed by atoms with Crippen LogP contribution in [0.3, 0.4) is 0 Å². The smallest absolute Gasteiger partial charge is 0.330 e. The Labute approximate surface area is 114 Å². The number of aromatic nitrogens is 4. The summed E-state index contributed by atoms with van der Waals surface area (Å²) in [6.45, 7) is -0.474. The summed E-state index contributed by atoms with van der Waals surface area (Å²) >= 11 is 0. The van der Waals surface area contributed by atoms with Crippen molar-refractivity contribution in [2.24, 2.45) is 0 Å². The van der Waals surface area contributed by atoms with Crippen LogP contribution in [0.15, 0.2) is 9.59 Å². The second-order valence-corrected chi connectivity index (χ2v) is 5.26. The average Bonchev–Trinajstić information content (AvgIpc) is 3.06.